The number of fused-ring (bicyclic) bond motifs is 5. The molecule has 0 amide bonds. The molecule has 2 aromatic heterocycles. The van der Waals surface area contributed by atoms with Crippen LogP contribution in [0.3, 0.4) is 0 Å². The standard InChI is InChI=1S/C38H48N4O6/c1-4-10-27-33(48-20-9-7-6-8-11-25(44)24-43)14-13-31-35(27)28(22-41-18-16-40(3)17-19-41)29-23-42-32(36(29)39-31)21-30-26(37(42)46)12-15-34(45)38(30,47)5-2/h4,13-14,21,43,47H,1,5-12,15-20,22-24H2,2-3H3/t38-/m0/s1. The second-order valence-corrected chi connectivity index (χ2v) is 13.6. The summed E-state index contributed by atoms with van der Waals surface area (Å²) in [6.45, 7) is 10.9. The number of aromatic nitrogens is 2. The van der Waals surface area contributed by atoms with Gasteiger partial charge in [0.15, 0.2) is 11.6 Å². The predicted molar refractivity (Wildman–Crippen MR) is 185 cm³/mol. The van der Waals surface area contributed by atoms with E-state index in [1.165, 1.54) is 0 Å². The number of benzene rings is 1. The molecule has 256 valence electrons. The molecule has 3 aliphatic rings. The maximum absolute atomic E-state index is 14.0. The van der Waals surface area contributed by atoms with Gasteiger partial charge in [-0.2, -0.15) is 0 Å². The number of ketones is 2. The molecule has 0 spiro atoms. The van der Waals surface area contributed by atoms with Gasteiger partial charge in [0.1, 0.15) is 18.0 Å². The van der Waals surface area contributed by atoms with E-state index in [0.29, 0.717) is 55.8 Å². The summed E-state index contributed by atoms with van der Waals surface area (Å²) < 4.78 is 8.19. The smallest absolute Gasteiger partial charge is 0.254 e. The highest BCUT2D eigenvalue weighted by atomic mass is 16.5. The van der Waals surface area contributed by atoms with E-state index in [0.717, 1.165) is 90.9 Å². The zero-order chi connectivity index (χ0) is 34.0. The third-order valence-electron chi connectivity index (χ3n) is 10.5. The average molecular weight is 657 g/mol. The number of hydrogen-bond acceptors (Lipinski definition) is 9. The van der Waals surface area contributed by atoms with Crippen molar-refractivity contribution in [3.63, 3.8) is 0 Å². The lowest BCUT2D eigenvalue weighted by atomic mass is 9.77. The van der Waals surface area contributed by atoms with Crippen LogP contribution in [0, 0.1) is 0 Å². The first-order valence-corrected chi connectivity index (χ1v) is 17.5. The highest BCUT2D eigenvalue weighted by Crippen LogP contribution is 2.43. The minimum absolute atomic E-state index is 0.117. The third kappa shape index (κ3) is 6.39. The van der Waals surface area contributed by atoms with Gasteiger partial charge in [-0.1, -0.05) is 25.8 Å². The molecule has 10 nitrogen and oxygen atoms in total. The number of rotatable bonds is 14. The van der Waals surface area contributed by atoms with Crippen LogP contribution in [-0.2, 0) is 41.1 Å². The number of carbonyl (C=O) groups excluding carboxylic acids is 2. The maximum Gasteiger partial charge on any atom is 0.254 e. The summed E-state index contributed by atoms with van der Waals surface area (Å²) >= 11 is 0. The van der Waals surface area contributed by atoms with E-state index in [-0.39, 0.29) is 36.6 Å². The van der Waals surface area contributed by atoms with Gasteiger partial charge in [0.25, 0.3) is 5.56 Å². The highest BCUT2D eigenvalue weighted by Gasteiger charge is 2.43. The molecule has 1 saturated heterocycles. The fraction of sp³-hybridized carbons (Fsp3) is 0.526. The Bertz CT molecular complexity index is 1790. The average Bonchev–Trinajstić information content (AvgIpc) is 3.46. The zero-order valence-electron chi connectivity index (χ0n) is 28.4. The lowest BCUT2D eigenvalue weighted by Gasteiger charge is -2.33. The van der Waals surface area contributed by atoms with Gasteiger partial charge in [-0.05, 0) is 62.9 Å². The number of Topliss-reactive ketones (excluding diaryl/α,β-unsaturated/α-hetero) is 2. The molecule has 1 aliphatic carbocycles. The molecule has 0 unspecified atom stereocenters. The normalized spacial score (nSPS) is 19.3. The minimum Gasteiger partial charge on any atom is -0.493 e. The lowest BCUT2D eigenvalue weighted by Crippen LogP contribution is -2.44. The summed E-state index contributed by atoms with van der Waals surface area (Å²) in [7, 11) is 2.14. The van der Waals surface area contributed by atoms with Gasteiger partial charge >= 0.3 is 0 Å². The monoisotopic (exact) mass is 656 g/mol. The van der Waals surface area contributed by atoms with E-state index in [1.54, 1.807) is 11.5 Å². The summed E-state index contributed by atoms with van der Waals surface area (Å²) in [6, 6.07) is 5.82. The SMILES string of the molecule is C=CCc1c(OCCCCCCC(=O)CO)ccc2nc3c(c(CN4CCN(C)CC4)c12)Cn1c-3cc2c(c1=O)CCC(=O)[C@]2(O)CC. The van der Waals surface area contributed by atoms with Gasteiger partial charge in [-0.15, -0.1) is 6.58 Å². The largest absolute Gasteiger partial charge is 0.493 e. The first-order chi connectivity index (χ1) is 23.2. The summed E-state index contributed by atoms with van der Waals surface area (Å²) in [6.07, 6.45) is 7.07. The van der Waals surface area contributed by atoms with Gasteiger partial charge in [-0.3, -0.25) is 19.3 Å². The van der Waals surface area contributed by atoms with E-state index < -0.39 is 5.60 Å². The number of aliphatic hydroxyl groups excluding tert-OH is 1. The van der Waals surface area contributed by atoms with Crippen molar-refractivity contribution in [1.82, 2.24) is 19.4 Å². The number of piperazine rings is 1. The molecule has 48 heavy (non-hydrogen) atoms. The van der Waals surface area contributed by atoms with Crippen LogP contribution >= 0.6 is 0 Å². The number of hydrogen-bond donors (Lipinski definition) is 2. The summed E-state index contributed by atoms with van der Waals surface area (Å²) in [5, 5.41) is 21.5. The van der Waals surface area contributed by atoms with Gasteiger partial charge < -0.3 is 24.4 Å². The zero-order valence-corrected chi connectivity index (χ0v) is 28.4. The van der Waals surface area contributed by atoms with E-state index in [9.17, 15) is 19.5 Å². The predicted octanol–water partition coefficient (Wildman–Crippen LogP) is 3.90. The molecule has 1 aromatic carbocycles. The molecule has 1 atom stereocenters. The lowest BCUT2D eigenvalue weighted by molar-refractivity contribution is -0.140. The van der Waals surface area contributed by atoms with E-state index >= 15 is 0 Å². The van der Waals surface area contributed by atoms with Crippen molar-refractivity contribution < 1.29 is 24.5 Å². The molecule has 10 heteroatoms. The number of pyridine rings is 2. The first kappa shape index (κ1) is 34.2. The number of aliphatic hydroxyl groups is 2. The van der Waals surface area contributed by atoms with Crippen LogP contribution in [-0.4, -0.2) is 87.6 Å². The van der Waals surface area contributed by atoms with Gasteiger partial charge in [0.05, 0.1) is 30.1 Å². The number of unbranched alkanes of at least 4 members (excludes halogenated alkanes) is 3. The Morgan fingerprint density at radius 3 is 2.56 bits per heavy atom. The molecular weight excluding hydrogens is 608 g/mol. The van der Waals surface area contributed by atoms with Crippen molar-refractivity contribution in [2.24, 2.45) is 0 Å². The van der Waals surface area contributed by atoms with Gasteiger partial charge in [0, 0.05) is 73.2 Å². The van der Waals surface area contributed by atoms with E-state index in [4.69, 9.17) is 14.8 Å². The number of likely N-dealkylation sites (N-methyl/N-ethyl adjacent to an activating group) is 1. The van der Waals surface area contributed by atoms with Crippen LogP contribution in [0.1, 0.15) is 79.7 Å². The van der Waals surface area contributed by atoms with Crippen LogP contribution < -0.4 is 10.3 Å². The Labute approximate surface area is 282 Å². The van der Waals surface area contributed by atoms with Crippen LogP contribution in [0.4, 0.5) is 0 Å². The number of carbonyl (C=O) groups is 2. The van der Waals surface area contributed by atoms with E-state index in [2.05, 4.69) is 23.4 Å². The summed E-state index contributed by atoms with van der Waals surface area (Å²) in [5.74, 6) is 0.448. The van der Waals surface area contributed by atoms with Crippen LogP contribution in [0.2, 0.25) is 0 Å². The Kier molecular flexibility index (Phi) is 10.3. The number of ether oxygens (including phenoxy) is 1. The van der Waals surface area contributed by atoms with Crippen LogP contribution in [0.25, 0.3) is 22.3 Å². The summed E-state index contributed by atoms with van der Waals surface area (Å²) in [5.41, 5.74) is 4.54. The second kappa shape index (κ2) is 14.4. The fourth-order valence-electron chi connectivity index (χ4n) is 7.63. The quantitative estimate of drug-likeness (QED) is 0.154. The van der Waals surface area contributed by atoms with Gasteiger partial charge in [0.2, 0.25) is 0 Å². The molecule has 0 radical (unpaired) electrons. The van der Waals surface area contributed by atoms with Crippen molar-refractivity contribution >= 4 is 22.5 Å². The molecule has 6 rings (SSSR count). The topological polar surface area (TPSA) is 125 Å². The maximum atomic E-state index is 14.0. The van der Waals surface area contributed by atoms with Gasteiger partial charge in [-0.25, -0.2) is 4.98 Å². The second-order valence-electron chi connectivity index (χ2n) is 13.6. The fourth-order valence-corrected chi connectivity index (χ4v) is 7.63. The molecule has 1 fully saturated rings. The molecule has 3 aromatic rings. The molecule has 2 N–H and O–H groups in total. The number of nitrogens with zero attached hydrogens (tertiary/aromatic N) is 4. The Balaban J connectivity index is 1.40. The van der Waals surface area contributed by atoms with Crippen molar-refractivity contribution in [2.75, 3.05) is 46.4 Å². The van der Waals surface area contributed by atoms with E-state index in [1.807, 2.05) is 24.3 Å². The Hall–Kier alpha value is -3.70. The molecular formula is C38H48N4O6. The van der Waals surface area contributed by atoms with Crippen molar-refractivity contribution in [1.29, 1.82) is 0 Å². The number of allylic oxidation sites excluding steroid dienone is 1. The minimum atomic E-state index is -1.66. The van der Waals surface area contributed by atoms with Crippen molar-refractivity contribution in [3.8, 4) is 17.1 Å². The third-order valence-corrected chi connectivity index (χ3v) is 10.5. The first-order valence-electron chi connectivity index (χ1n) is 17.5. The van der Waals surface area contributed by atoms with Crippen LogP contribution in [0.15, 0.2) is 35.6 Å². The molecule has 4 heterocycles. The van der Waals surface area contributed by atoms with Crippen molar-refractivity contribution in [3.05, 3.63) is 69.0 Å². The molecule has 2 aliphatic heterocycles. The molecule has 0 saturated carbocycles. The Morgan fingerprint density at radius 1 is 1.06 bits per heavy atom. The highest BCUT2D eigenvalue weighted by molar-refractivity contribution is 5.94. The Morgan fingerprint density at radius 2 is 1.83 bits per heavy atom. The summed E-state index contributed by atoms with van der Waals surface area (Å²) in [4.78, 5) is 48.3. The van der Waals surface area contributed by atoms with Crippen LogP contribution in [0.5, 0.6) is 5.75 Å². The molecule has 0 bridgehead atoms. The van der Waals surface area contributed by atoms with Crippen molar-refractivity contribution in [2.45, 2.75) is 83.4 Å².